The number of hydrogen-bond acceptors (Lipinski definition) is 0. The van der Waals surface area contributed by atoms with Gasteiger partial charge < -0.3 is 21.8 Å². The van der Waals surface area contributed by atoms with Crippen LogP contribution in [0, 0.1) is 5.92 Å². The Morgan fingerprint density at radius 2 is 1.47 bits per heavy atom. The van der Waals surface area contributed by atoms with E-state index in [1.807, 2.05) is 0 Å². The second kappa shape index (κ2) is 14.8. The fourth-order valence-corrected chi connectivity index (χ4v) is 7.67. The molecule has 0 saturated carbocycles. The van der Waals surface area contributed by atoms with Gasteiger partial charge in [0.05, 0.1) is 10.9 Å². The Hall–Kier alpha value is -4.10. The first-order valence-electron chi connectivity index (χ1n) is 17.4. The van der Waals surface area contributed by atoms with Crippen LogP contribution in [0.15, 0.2) is 107 Å². The minimum absolute atomic E-state index is 0.535. The zero-order valence-electron chi connectivity index (χ0n) is 28.3. The fraction of sp³-hybridized carbons (Fsp3) is 0.293. The molecule has 1 atom stereocenters. The smallest absolute Gasteiger partial charge is 0.418 e. The van der Waals surface area contributed by atoms with E-state index in [9.17, 15) is 17.3 Å². The summed E-state index contributed by atoms with van der Waals surface area (Å²) < 4.78 is 44.0. The summed E-state index contributed by atoms with van der Waals surface area (Å²) >= 11 is 7.26. The minimum atomic E-state index is -6.00. The Bertz CT molecular complexity index is 2170. The number of unbranched alkanes of at least 4 members (excludes halogenated alkanes) is 2. The zero-order chi connectivity index (χ0) is 34.7. The van der Waals surface area contributed by atoms with E-state index in [1.54, 1.807) is 0 Å². The van der Waals surface area contributed by atoms with Crippen LogP contribution in [0.4, 0.5) is 23.0 Å². The SMILES string of the molecule is CCCCn1/c(=C\C=C2/CC(C)CC(/C=C/C3=[N+](CCCC)c4cccc5cccc3c45)=C2Cl)c2cccc3cccc1c32.F[B-](F)(F)F. The predicted octanol–water partition coefficient (Wildman–Crippen LogP) is 11.9. The van der Waals surface area contributed by atoms with Crippen molar-refractivity contribution in [2.24, 2.45) is 5.92 Å². The van der Waals surface area contributed by atoms with Crippen molar-refractivity contribution in [3.8, 4) is 0 Å². The molecule has 1 aliphatic carbocycles. The largest absolute Gasteiger partial charge is 0.673 e. The van der Waals surface area contributed by atoms with Gasteiger partial charge in [0.15, 0.2) is 0 Å². The third-order valence-corrected chi connectivity index (χ3v) is 10.0. The average molecular weight is 685 g/mol. The van der Waals surface area contributed by atoms with Gasteiger partial charge in [0.25, 0.3) is 0 Å². The molecular weight excluding hydrogens is 643 g/mol. The maximum absolute atomic E-state index is 9.75. The second-order valence-corrected chi connectivity index (χ2v) is 13.6. The lowest BCUT2D eigenvalue weighted by molar-refractivity contribution is -0.436. The van der Waals surface area contributed by atoms with Crippen molar-refractivity contribution < 1.29 is 21.8 Å². The third-order valence-electron chi connectivity index (χ3n) is 9.54. The lowest BCUT2D eigenvalue weighted by Crippen LogP contribution is -2.16. The number of benzene rings is 4. The van der Waals surface area contributed by atoms with Crippen molar-refractivity contribution in [2.75, 3.05) is 6.54 Å². The van der Waals surface area contributed by atoms with Gasteiger partial charge in [-0.05, 0) is 65.3 Å². The molecule has 2 aliphatic rings. The number of halogens is 5. The molecule has 5 aromatic rings. The molecule has 1 aromatic heterocycles. The van der Waals surface area contributed by atoms with Crippen LogP contribution in [0.2, 0.25) is 0 Å². The summed E-state index contributed by atoms with van der Waals surface area (Å²) in [6.45, 7) is 8.93. The van der Waals surface area contributed by atoms with Gasteiger partial charge in [-0.2, -0.15) is 4.58 Å². The van der Waals surface area contributed by atoms with Gasteiger partial charge in [-0.15, -0.1) is 0 Å². The van der Waals surface area contributed by atoms with Crippen LogP contribution in [0.25, 0.3) is 38.5 Å². The van der Waals surface area contributed by atoms with Crippen LogP contribution in [0.3, 0.4) is 0 Å². The average Bonchev–Trinajstić information content (AvgIpc) is 3.55. The van der Waals surface area contributed by atoms with Crippen LogP contribution in [-0.2, 0) is 6.54 Å². The molecule has 0 saturated heterocycles. The number of aryl methyl sites for hydroxylation is 1. The molecule has 7 rings (SSSR count). The first-order chi connectivity index (χ1) is 23.6. The van der Waals surface area contributed by atoms with E-state index in [-0.39, 0.29) is 0 Å². The van der Waals surface area contributed by atoms with Crippen molar-refractivity contribution in [1.29, 1.82) is 0 Å². The number of allylic oxidation sites excluding steroid dienone is 6. The normalized spacial score (nSPS) is 17.8. The van der Waals surface area contributed by atoms with E-state index < -0.39 is 7.25 Å². The molecule has 2 nitrogen and oxygen atoms in total. The number of aromatic nitrogens is 1. The predicted molar refractivity (Wildman–Crippen MR) is 200 cm³/mol. The van der Waals surface area contributed by atoms with E-state index in [2.05, 4.69) is 127 Å². The molecule has 0 bridgehead atoms. The standard InChI is InChI=1S/C41H42ClN2.BF4/c1-4-6-24-43-35(33-16-8-12-29-14-10-18-37(43)39(29)33)22-20-31-26-28(3)27-32(41(31)42)21-23-36-34-17-9-13-30-15-11-19-38(40(30)34)44(36)25-7-5-2;2-1(3,4)5/h8-23,28H,4-7,24-27H2,1-3H3;/q+1;-1. The van der Waals surface area contributed by atoms with Crippen LogP contribution in [0.5, 0.6) is 0 Å². The first kappa shape index (κ1) is 34.8. The summed E-state index contributed by atoms with van der Waals surface area (Å²) in [4.78, 5) is 0. The van der Waals surface area contributed by atoms with Gasteiger partial charge in [-0.3, -0.25) is 0 Å². The third kappa shape index (κ3) is 7.42. The molecule has 49 heavy (non-hydrogen) atoms. The summed E-state index contributed by atoms with van der Waals surface area (Å²) in [5.74, 6) is 0.535. The Morgan fingerprint density at radius 3 is 2.18 bits per heavy atom. The van der Waals surface area contributed by atoms with E-state index in [0.29, 0.717) is 5.92 Å². The molecule has 2 heterocycles. The van der Waals surface area contributed by atoms with Crippen molar-refractivity contribution >= 4 is 68.8 Å². The number of nitrogens with zero attached hydrogens (tertiary/aromatic N) is 2. The van der Waals surface area contributed by atoms with Gasteiger partial charge in [0, 0.05) is 51.8 Å². The Kier molecular flexibility index (Phi) is 10.5. The van der Waals surface area contributed by atoms with E-state index >= 15 is 0 Å². The van der Waals surface area contributed by atoms with Crippen LogP contribution >= 0.6 is 11.6 Å². The van der Waals surface area contributed by atoms with Crippen molar-refractivity contribution in [3.05, 3.63) is 118 Å². The van der Waals surface area contributed by atoms with Gasteiger partial charge in [0.2, 0.25) is 11.4 Å². The molecule has 0 fully saturated rings. The van der Waals surface area contributed by atoms with Gasteiger partial charge in [0.1, 0.15) is 6.54 Å². The first-order valence-corrected chi connectivity index (χ1v) is 17.8. The van der Waals surface area contributed by atoms with Crippen molar-refractivity contribution in [1.82, 2.24) is 4.57 Å². The Labute approximate surface area is 290 Å². The quantitative estimate of drug-likeness (QED) is 0.0829. The Morgan fingerprint density at radius 1 is 0.816 bits per heavy atom. The van der Waals surface area contributed by atoms with Crippen LogP contribution < -0.4 is 5.35 Å². The highest BCUT2D eigenvalue weighted by Gasteiger charge is 2.30. The fourth-order valence-electron chi connectivity index (χ4n) is 7.39. The zero-order valence-corrected chi connectivity index (χ0v) is 29.1. The van der Waals surface area contributed by atoms with E-state index in [0.717, 1.165) is 43.8 Å². The van der Waals surface area contributed by atoms with Gasteiger partial charge in [-0.25, -0.2) is 0 Å². The van der Waals surface area contributed by atoms with Gasteiger partial charge >= 0.3 is 7.25 Å². The highest BCUT2D eigenvalue weighted by molar-refractivity contribution is 6.50. The number of hydrogen-bond donors (Lipinski definition) is 0. The van der Waals surface area contributed by atoms with Crippen molar-refractivity contribution in [3.63, 3.8) is 0 Å². The molecular formula is C41H42BClF4N2. The summed E-state index contributed by atoms with van der Waals surface area (Å²) in [6, 6.07) is 26.8. The summed E-state index contributed by atoms with van der Waals surface area (Å²) in [5.41, 5.74) is 7.75. The molecule has 254 valence electrons. The molecule has 1 unspecified atom stereocenters. The molecule has 0 radical (unpaired) electrons. The molecule has 0 spiro atoms. The lowest BCUT2D eigenvalue weighted by Gasteiger charge is -2.22. The topological polar surface area (TPSA) is 7.94 Å². The highest BCUT2D eigenvalue weighted by atomic mass is 35.5. The monoisotopic (exact) mass is 684 g/mol. The van der Waals surface area contributed by atoms with Crippen LogP contribution in [-0.4, -0.2) is 28.7 Å². The minimum Gasteiger partial charge on any atom is -0.418 e. The maximum atomic E-state index is 9.75. The molecule has 1 aliphatic heterocycles. The van der Waals surface area contributed by atoms with Crippen molar-refractivity contribution in [2.45, 2.75) is 65.8 Å². The second-order valence-electron chi connectivity index (χ2n) is 13.2. The van der Waals surface area contributed by atoms with Gasteiger partial charge in [-0.1, -0.05) is 112 Å². The molecule has 4 aromatic carbocycles. The summed E-state index contributed by atoms with van der Waals surface area (Å²) in [5, 5.41) is 8.89. The van der Waals surface area contributed by atoms with E-state index in [4.69, 9.17) is 11.6 Å². The van der Waals surface area contributed by atoms with Crippen LogP contribution in [0.1, 0.15) is 64.9 Å². The maximum Gasteiger partial charge on any atom is 0.673 e. The Balaban J connectivity index is 0.000000778. The highest BCUT2D eigenvalue weighted by Crippen LogP contribution is 2.39. The summed E-state index contributed by atoms with van der Waals surface area (Å²) in [7, 11) is -6.00. The summed E-state index contributed by atoms with van der Waals surface area (Å²) in [6.07, 6.45) is 15.9. The molecule has 8 heteroatoms. The van der Waals surface area contributed by atoms with E-state index in [1.165, 1.54) is 78.7 Å². The molecule has 0 amide bonds. The molecule has 0 N–H and O–H groups in total. The lowest BCUT2D eigenvalue weighted by atomic mass is 9.86. The number of rotatable bonds is 9.